The standard InChI is InChI=1S/C34H30F8N4O5/c1-32(2,3)51-31(50)44-30-45(4)10-11-46(30)17-18-12-23(22-9-8-21(35)15-25(22)34(40,41)42)28(36)24(13-18)29(49)43-26(16-27(47)48)19-6-5-7-20(14-19)33(37,38)39/h5-15,26H,16-17H2,1-4H3,(H,43,49)(H,47,48)/b44-30-. The number of aromatic nitrogens is 2. The summed E-state index contributed by atoms with van der Waals surface area (Å²) in [6.07, 6.45) is -9.08. The van der Waals surface area contributed by atoms with Crippen LogP contribution in [0, 0.1) is 11.6 Å². The van der Waals surface area contributed by atoms with Crippen molar-refractivity contribution in [3.8, 4) is 11.1 Å². The molecule has 51 heavy (non-hydrogen) atoms. The van der Waals surface area contributed by atoms with Crippen molar-refractivity contribution < 1.29 is 59.4 Å². The first kappa shape index (κ1) is 38.3. The van der Waals surface area contributed by atoms with Crippen molar-refractivity contribution in [2.75, 3.05) is 0 Å². The van der Waals surface area contributed by atoms with E-state index >= 15 is 4.39 Å². The Morgan fingerprint density at radius 3 is 2.20 bits per heavy atom. The van der Waals surface area contributed by atoms with Gasteiger partial charge in [-0.15, -0.1) is 4.99 Å². The summed E-state index contributed by atoms with van der Waals surface area (Å²) in [6, 6.07) is 5.10. The topological polar surface area (TPSA) is 115 Å². The molecule has 4 rings (SSSR count). The van der Waals surface area contributed by atoms with E-state index in [1.807, 2.05) is 0 Å². The fourth-order valence-corrected chi connectivity index (χ4v) is 5.06. The zero-order valence-corrected chi connectivity index (χ0v) is 27.3. The predicted molar refractivity (Wildman–Crippen MR) is 165 cm³/mol. The summed E-state index contributed by atoms with van der Waals surface area (Å²) in [5.74, 6) is -5.74. The maximum atomic E-state index is 16.3. The Labute approximate surface area is 284 Å². The number of nitrogens with zero attached hydrogens (tertiary/aromatic N) is 3. The average molecular weight is 727 g/mol. The number of ether oxygens (including phenoxy) is 1. The van der Waals surface area contributed by atoms with Gasteiger partial charge in [0.15, 0.2) is 0 Å². The summed E-state index contributed by atoms with van der Waals surface area (Å²) in [7, 11) is 1.51. The molecule has 4 aromatic rings. The molecule has 1 aromatic heterocycles. The number of carbonyl (C=O) groups excluding carboxylic acids is 2. The molecule has 0 fully saturated rings. The molecule has 0 radical (unpaired) electrons. The highest BCUT2D eigenvalue weighted by atomic mass is 19.4. The van der Waals surface area contributed by atoms with E-state index in [1.54, 1.807) is 20.8 Å². The number of halogens is 8. The third-order valence-corrected chi connectivity index (χ3v) is 7.23. The largest absolute Gasteiger partial charge is 0.481 e. The molecule has 1 unspecified atom stereocenters. The van der Waals surface area contributed by atoms with Gasteiger partial charge < -0.3 is 24.3 Å². The molecular weight excluding hydrogens is 696 g/mol. The maximum absolute atomic E-state index is 16.3. The number of aliphatic carboxylic acids is 1. The number of nitrogens with one attached hydrogen (secondary N) is 1. The van der Waals surface area contributed by atoms with Crippen LogP contribution in [0.5, 0.6) is 0 Å². The Kier molecular flexibility index (Phi) is 10.8. The van der Waals surface area contributed by atoms with Gasteiger partial charge in [0.2, 0.25) is 5.62 Å². The lowest BCUT2D eigenvalue weighted by Gasteiger charge is -2.21. The van der Waals surface area contributed by atoms with E-state index in [-0.39, 0.29) is 29.4 Å². The van der Waals surface area contributed by atoms with Crippen LogP contribution in [0.2, 0.25) is 0 Å². The van der Waals surface area contributed by atoms with Crippen molar-refractivity contribution in [1.29, 1.82) is 0 Å². The quantitative estimate of drug-likeness (QED) is 0.181. The molecule has 1 heterocycles. The Balaban J connectivity index is 1.89. The first-order chi connectivity index (χ1) is 23.5. The van der Waals surface area contributed by atoms with Gasteiger partial charge in [-0.2, -0.15) is 26.3 Å². The number of hydrogen-bond donors (Lipinski definition) is 2. The molecule has 2 N–H and O–H groups in total. The molecule has 1 atom stereocenters. The number of hydrogen-bond acceptors (Lipinski definition) is 4. The first-order valence-corrected chi connectivity index (χ1v) is 14.9. The summed E-state index contributed by atoms with van der Waals surface area (Å²) >= 11 is 0. The van der Waals surface area contributed by atoms with Gasteiger partial charge in [0.1, 0.15) is 17.2 Å². The molecule has 3 aromatic carbocycles. The van der Waals surface area contributed by atoms with E-state index < -0.39 is 87.8 Å². The number of carboxylic acids is 1. The SMILES string of the molecule is Cn1ccn(Cc2cc(C(=O)NC(CC(=O)O)c3cccc(C(F)(F)F)c3)c(F)c(-c3ccc(F)cc3C(F)(F)F)c2)/c1=N\C(=O)OC(C)(C)C. The molecule has 0 spiro atoms. The molecule has 0 aliphatic rings. The molecule has 2 amide bonds. The molecule has 17 heteroatoms. The molecule has 0 saturated carbocycles. The van der Waals surface area contributed by atoms with Crippen molar-refractivity contribution in [1.82, 2.24) is 14.5 Å². The molecule has 0 aliphatic carbocycles. The minimum atomic E-state index is -5.19. The summed E-state index contributed by atoms with van der Waals surface area (Å²) in [5.41, 5.74) is -6.59. The molecule has 272 valence electrons. The highest BCUT2D eigenvalue weighted by Crippen LogP contribution is 2.40. The van der Waals surface area contributed by atoms with E-state index in [9.17, 15) is 50.2 Å². The Hall–Kier alpha value is -5.48. The number of amides is 2. The second-order valence-electron chi connectivity index (χ2n) is 12.4. The van der Waals surface area contributed by atoms with Crippen molar-refractivity contribution in [2.24, 2.45) is 12.0 Å². The molecular formula is C34H30F8N4O5. The number of carbonyl (C=O) groups is 3. The van der Waals surface area contributed by atoms with Crippen LogP contribution in [0.15, 0.2) is 72.0 Å². The van der Waals surface area contributed by atoms with E-state index in [1.165, 1.54) is 28.6 Å². The zero-order chi connectivity index (χ0) is 38.1. The number of alkyl halides is 6. The summed E-state index contributed by atoms with van der Waals surface area (Å²) in [5, 5.41) is 11.7. The highest BCUT2D eigenvalue weighted by Gasteiger charge is 2.36. The smallest absolute Gasteiger partial charge is 0.437 e. The molecule has 9 nitrogen and oxygen atoms in total. The normalized spacial score (nSPS) is 13.2. The lowest BCUT2D eigenvalue weighted by Crippen LogP contribution is -2.31. The van der Waals surface area contributed by atoms with Crippen molar-refractivity contribution >= 4 is 18.0 Å². The zero-order valence-electron chi connectivity index (χ0n) is 27.3. The Bertz CT molecular complexity index is 2040. The Morgan fingerprint density at radius 2 is 1.59 bits per heavy atom. The fourth-order valence-electron chi connectivity index (χ4n) is 5.06. The minimum absolute atomic E-state index is 0.0232. The van der Waals surface area contributed by atoms with Gasteiger partial charge in [-0.05, 0) is 73.9 Å². The second kappa shape index (κ2) is 14.4. The number of carboxylic acid groups (broad SMARTS) is 1. The van der Waals surface area contributed by atoms with Crippen LogP contribution in [-0.4, -0.2) is 37.8 Å². The monoisotopic (exact) mass is 726 g/mol. The maximum Gasteiger partial charge on any atom is 0.437 e. The van der Waals surface area contributed by atoms with Gasteiger partial charge in [0, 0.05) is 25.0 Å². The summed E-state index contributed by atoms with van der Waals surface area (Å²) in [6.45, 7) is 4.46. The van der Waals surface area contributed by atoms with E-state index in [0.717, 1.165) is 24.3 Å². The first-order valence-electron chi connectivity index (χ1n) is 14.9. The predicted octanol–water partition coefficient (Wildman–Crippen LogP) is 7.64. The van der Waals surface area contributed by atoms with E-state index in [2.05, 4.69) is 10.3 Å². The third-order valence-electron chi connectivity index (χ3n) is 7.23. The van der Waals surface area contributed by atoms with Crippen LogP contribution in [0.25, 0.3) is 11.1 Å². The van der Waals surface area contributed by atoms with Crippen molar-refractivity contribution in [3.05, 3.63) is 112 Å². The van der Waals surface area contributed by atoms with Gasteiger partial charge in [-0.1, -0.05) is 18.2 Å². The van der Waals surface area contributed by atoms with Gasteiger partial charge in [-0.3, -0.25) is 9.59 Å². The number of benzene rings is 3. The lowest BCUT2D eigenvalue weighted by molar-refractivity contribution is -0.138. The number of imidazole rings is 1. The molecule has 0 bridgehead atoms. The van der Waals surface area contributed by atoms with Crippen LogP contribution < -0.4 is 10.9 Å². The molecule has 0 saturated heterocycles. The fraction of sp³-hybridized carbons (Fsp3) is 0.294. The van der Waals surface area contributed by atoms with Gasteiger partial charge in [0.05, 0.1) is 35.7 Å². The summed E-state index contributed by atoms with van der Waals surface area (Å²) in [4.78, 5) is 41.7. The van der Waals surface area contributed by atoms with Crippen LogP contribution >= 0.6 is 0 Å². The Morgan fingerprint density at radius 1 is 0.902 bits per heavy atom. The van der Waals surface area contributed by atoms with E-state index in [4.69, 9.17) is 4.74 Å². The summed E-state index contributed by atoms with van der Waals surface area (Å²) < 4.78 is 121. The number of rotatable bonds is 8. The van der Waals surface area contributed by atoms with Crippen LogP contribution in [-0.2, 0) is 35.5 Å². The minimum Gasteiger partial charge on any atom is -0.481 e. The third kappa shape index (κ3) is 9.61. The van der Waals surface area contributed by atoms with Gasteiger partial charge >= 0.3 is 24.4 Å². The van der Waals surface area contributed by atoms with Crippen molar-refractivity contribution in [3.63, 3.8) is 0 Å². The van der Waals surface area contributed by atoms with Gasteiger partial charge in [0.25, 0.3) is 5.91 Å². The van der Waals surface area contributed by atoms with Crippen molar-refractivity contribution in [2.45, 2.75) is 57.7 Å². The number of aryl methyl sites for hydroxylation is 1. The lowest BCUT2D eigenvalue weighted by atomic mass is 9.94. The highest BCUT2D eigenvalue weighted by molar-refractivity contribution is 5.97. The molecule has 0 aliphatic heterocycles. The second-order valence-corrected chi connectivity index (χ2v) is 12.4. The van der Waals surface area contributed by atoms with E-state index in [0.29, 0.717) is 24.3 Å². The van der Waals surface area contributed by atoms with Crippen LogP contribution in [0.3, 0.4) is 0 Å². The van der Waals surface area contributed by atoms with Crippen LogP contribution in [0.1, 0.15) is 65.8 Å². The van der Waals surface area contributed by atoms with Crippen LogP contribution in [0.4, 0.5) is 39.9 Å². The average Bonchev–Trinajstić information content (AvgIpc) is 3.33. The van der Waals surface area contributed by atoms with Gasteiger partial charge in [-0.25, -0.2) is 13.6 Å².